The van der Waals surface area contributed by atoms with Crippen LogP contribution in [0.2, 0.25) is 0 Å². The number of nitrogens with zero attached hydrogens (tertiary/aromatic N) is 7. The Morgan fingerprint density at radius 1 is 0.838 bits per heavy atom. The van der Waals surface area contributed by atoms with E-state index in [1.54, 1.807) is 29.9 Å². The van der Waals surface area contributed by atoms with Crippen molar-refractivity contribution in [2.75, 3.05) is 43.4 Å². The number of unbranched alkanes of at least 4 members (excludes halogenated alkanes) is 1. The number of rotatable bonds is 18. The van der Waals surface area contributed by atoms with E-state index in [1.807, 2.05) is 130 Å². The number of thiazole rings is 1. The lowest BCUT2D eigenvalue weighted by Crippen LogP contribution is -2.57. The molecule has 2 saturated heterocycles. The third kappa shape index (κ3) is 13.8. The average Bonchev–Trinajstić information content (AvgIpc) is 4.02. The minimum atomic E-state index is -0.930. The minimum Gasteiger partial charge on any atom is -0.391 e. The number of carbonyl (C=O) groups excluding carboxylic acids is 5. The standard InChI is InChI=1S/C56H65N11O6S/c1-36-12-21-43(29-46(36)63-55-58-24-22-45(62-55)42-9-8-23-57-32-42)61-52(71)41-19-15-39(16-20-41)33-65-25-27-66(28-26-65)49(70)11-7-6-10-48(69)64-51(56(3,4)5)54(73)67-34-44(68)30-47(67)53(72)59-31-38-13-17-40(18-14-38)50-37(2)60-35-74-50/h8-9,12-24,29,32,35,44,47,51,68H,6-7,10-11,25-28,30-31,33-34H2,1-5H3,(H,59,72)(H,61,71)(H,64,69)(H,58,62,63)/t44-,47+,51-/m1/s1. The first-order chi connectivity index (χ1) is 35.6. The van der Waals surface area contributed by atoms with Gasteiger partial charge in [0.05, 0.1) is 27.9 Å². The first kappa shape index (κ1) is 52.9. The van der Waals surface area contributed by atoms with E-state index in [0.717, 1.165) is 49.8 Å². The minimum absolute atomic E-state index is 0.00880. The van der Waals surface area contributed by atoms with Crippen LogP contribution < -0.4 is 21.3 Å². The number of benzene rings is 3. The summed E-state index contributed by atoms with van der Waals surface area (Å²) >= 11 is 1.57. The summed E-state index contributed by atoms with van der Waals surface area (Å²) in [6.45, 7) is 13.0. The fourth-order valence-electron chi connectivity index (χ4n) is 9.16. The van der Waals surface area contributed by atoms with Crippen LogP contribution in [0, 0.1) is 19.3 Å². The van der Waals surface area contributed by atoms with Crippen LogP contribution in [-0.2, 0) is 32.3 Å². The van der Waals surface area contributed by atoms with Crippen LogP contribution in [0.15, 0.2) is 109 Å². The molecule has 17 nitrogen and oxygen atoms in total. The number of aliphatic hydroxyl groups is 1. The highest BCUT2D eigenvalue weighted by Gasteiger charge is 2.44. The Kier molecular flexibility index (Phi) is 17.2. The lowest BCUT2D eigenvalue weighted by molar-refractivity contribution is -0.144. The molecule has 74 heavy (non-hydrogen) atoms. The predicted octanol–water partition coefficient (Wildman–Crippen LogP) is 7.29. The van der Waals surface area contributed by atoms with Gasteiger partial charge in [0.25, 0.3) is 5.91 Å². The van der Waals surface area contributed by atoms with Gasteiger partial charge in [0.15, 0.2) is 0 Å². The Balaban J connectivity index is 0.737. The molecule has 5 heterocycles. The number of hydrogen-bond donors (Lipinski definition) is 5. The van der Waals surface area contributed by atoms with Crippen molar-refractivity contribution in [3.8, 4) is 21.7 Å². The van der Waals surface area contributed by atoms with Crippen molar-refractivity contribution in [2.24, 2.45) is 5.41 Å². The molecular weight excluding hydrogens is 955 g/mol. The van der Waals surface area contributed by atoms with Crippen LogP contribution in [0.3, 0.4) is 0 Å². The normalized spacial score (nSPS) is 16.4. The van der Waals surface area contributed by atoms with Crippen molar-refractivity contribution >= 4 is 58.2 Å². The molecule has 6 aromatic rings. The molecule has 386 valence electrons. The number of carbonyl (C=O) groups is 5. The molecule has 0 radical (unpaired) electrons. The summed E-state index contributed by atoms with van der Waals surface area (Å²) in [5.74, 6) is -0.849. The molecule has 0 spiro atoms. The third-order valence-corrected chi connectivity index (χ3v) is 14.4. The van der Waals surface area contributed by atoms with Gasteiger partial charge < -0.3 is 36.2 Å². The van der Waals surface area contributed by atoms with Crippen LogP contribution in [-0.4, -0.2) is 120 Å². The van der Waals surface area contributed by atoms with E-state index in [9.17, 15) is 29.1 Å². The topological polar surface area (TPSA) is 215 Å². The highest BCUT2D eigenvalue weighted by Crippen LogP contribution is 2.30. The molecule has 2 aliphatic heterocycles. The number of aliphatic hydroxyl groups excluding tert-OH is 1. The zero-order valence-corrected chi connectivity index (χ0v) is 43.5. The number of likely N-dealkylation sites (tertiary alicyclic amines) is 1. The Bertz CT molecular complexity index is 2920. The maximum Gasteiger partial charge on any atom is 0.255 e. The number of piperazine rings is 1. The molecule has 0 unspecified atom stereocenters. The van der Waals surface area contributed by atoms with Crippen LogP contribution in [0.1, 0.15) is 85.6 Å². The molecule has 0 saturated carbocycles. The second-order valence-corrected chi connectivity index (χ2v) is 21.0. The summed E-state index contributed by atoms with van der Waals surface area (Å²) in [6, 6.07) is 24.9. The highest BCUT2D eigenvalue weighted by molar-refractivity contribution is 7.13. The van der Waals surface area contributed by atoms with Crippen LogP contribution in [0.5, 0.6) is 0 Å². The molecule has 5 amide bonds. The quantitative estimate of drug-likeness (QED) is 0.0537. The van der Waals surface area contributed by atoms with E-state index in [-0.39, 0.29) is 49.6 Å². The number of nitrogens with one attached hydrogen (secondary N) is 4. The summed E-state index contributed by atoms with van der Waals surface area (Å²) in [5.41, 5.74) is 9.60. The molecule has 18 heteroatoms. The van der Waals surface area contributed by atoms with Crippen LogP contribution in [0.4, 0.5) is 17.3 Å². The lowest BCUT2D eigenvalue weighted by atomic mass is 9.85. The molecule has 8 rings (SSSR count). The van der Waals surface area contributed by atoms with Gasteiger partial charge >= 0.3 is 0 Å². The van der Waals surface area contributed by atoms with Gasteiger partial charge in [-0.15, -0.1) is 11.3 Å². The Morgan fingerprint density at radius 2 is 1.58 bits per heavy atom. The zero-order chi connectivity index (χ0) is 52.4. The van der Waals surface area contributed by atoms with E-state index < -0.39 is 29.5 Å². The smallest absolute Gasteiger partial charge is 0.255 e. The number of hydrogen-bond acceptors (Lipinski definition) is 13. The molecular formula is C56H65N11O6S. The van der Waals surface area contributed by atoms with Gasteiger partial charge in [-0.2, -0.15) is 0 Å². The number of aryl methyl sites for hydroxylation is 2. The number of β-amino-alcohol motifs (C(OH)–C–C–N with tert-alkyl or cyclic N) is 1. The van der Waals surface area contributed by atoms with E-state index in [2.05, 4.69) is 46.1 Å². The van der Waals surface area contributed by atoms with Crippen molar-refractivity contribution in [3.05, 3.63) is 137 Å². The van der Waals surface area contributed by atoms with Gasteiger partial charge in [0.1, 0.15) is 12.1 Å². The van der Waals surface area contributed by atoms with Gasteiger partial charge in [-0.25, -0.2) is 15.0 Å². The average molecular weight is 1020 g/mol. The molecule has 2 fully saturated rings. The van der Waals surface area contributed by atoms with E-state index >= 15 is 0 Å². The van der Waals surface area contributed by atoms with Gasteiger partial charge in [-0.1, -0.05) is 63.2 Å². The van der Waals surface area contributed by atoms with Crippen molar-refractivity contribution in [3.63, 3.8) is 0 Å². The Hall–Kier alpha value is -7.41. The van der Waals surface area contributed by atoms with Crippen molar-refractivity contribution in [2.45, 2.75) is 98.0 Å². The monoisotopic (exact) mass is 1020 g/mol. The first-order valence-corrected chi connectivity index (χ1v) is 26.0. The second kappa shape index (κ2) is 24.1. The first-order valence-electron chi connectivity index (χ1n) is 25.1. The van der Waals surface area contributed by atoms with E-state index in [4.69, 9.17) is 0 Å². The molecule has 3 aromatic carbocycles. The summed E-state index contributed by atoms with van der Waals surface area (Å²) in [4.78, 5) is 91.6. The fourth-order valence-corrected chi connectivity index (χ4v) is 9.97. The van der Waals surface area contributed by atoms with E-state index in [1.165, 1.54) is 4.90 Å². The molecule has 3 aromatic heterocycles. The van der Waals surface area contributed by atoms with Crippen LogP contribution >= 0.6 is 11.3 Å². The maximum absolute atomic E-state index is 14.1. The third-order valence-electron chi connectivity index (χ3n) is 13.5. The van der Waals surface area contributed by atoms with Gasteiger partial charge in [0, 0.05) is 106 Å². The maximum atomic E-state index is 14.1. The predicted molar refractivity (Wildman–Crippen MR) is 286 cm³/mol. The van der Waals surface area contributed by atoms with E-state index in [0.29, 0.717) is 69.2 Å². The van der Waals surface area contributed by atoms with Gasteiger partial charge in [0.2, 0.25) is 29.6 Å². The number of amides is 5. The Morgan fingerprint density at radius 3 is 2.28 bits per heavy atom. The zero-order valence-electron chi connectivity index (χ0n) is 42.6. The molecule has 2 aliphatic rings. The molecule has 5 N–H and O–H groups in total. The summed E-state index contributed by atoms with van der Waals surface area (Å²) in [7, 11) is 0. The number of aromatic nitrogens is 4. The van der Waals surface area contributed by atoms with Gasteiger partial charge in [-0.3, -0.25) is 33.9 Å². The molecule has 0 bridgehead atoms. The molecule has 0 aliphatic carbocycles. The fraction of sp³-hybridized carbons (Fsp3) is 0.375. The van der Waals surface area contributed by atoms with Crippen molar-refractivity contribution < 1.29 is 29.1 Å². The van der Waals surface area contributed by atoms with Crippen molar-refractivity contribution in [1.29, 1.82) is 0 Å². The summed E-state index contributed by atoms with van der Waals surface area (Å²) in [6.07, 6.45) is 5.82. The molecule has 3 atom stereocenters. The number of anilines is 3. The Labute approximate surface area is 436 Å². The SMILES string of the molecule is Cc1ccc(NC(=O)c2ccc(CN3CCN(C(=O)CCCCC(=O)N[C@H](C(=O)N4C[C@H](O)C[C@H]4C(=O)NCc4ccc(-c5scnc5C)cc4)C(C)(C)C)CC3)cc2)cc1Nc1nccc(-c2cccnc2)n1. The van der Waals surface area contributed by atoms with Crippen LogP contribution in [0.25, 0.3) is 21.7 Å². The second-order valence-electron chi connectivity index (χ2n) is 20.1. The number of pyridine rings is 1. The largest absolute Gasteiger partial charge is 0.391 e. The lowest BCUT2D eigenvalue weighted by Gasteiger charge is -2.35. The highest BCUT2D eigenvalue weighted by atomic mass is 32.1. The summed E-state index contributed by atoms with van der Waals surface area (Å²) in [5, 5.41) is 22.8. The summed E-state index contributed by atoms with van der Waals surface area (Å²) < 4.78 is 0. The van der Waals surface area contributed by atoms with Crippen molar-refractivity contribution in [1.82, 2.24) is 45.3 Å². The van der Waals surface area contributed by atoms with Gasteiger partial charge in [-0.05, 0) is 96.8 Å².